The Labute approximate surface area is 230 Å². The zero-order valence-corrected chi connectivity index (χ0v) is 22.6. The van der Waals surface area contributed by atoms with Crippen LogP contribution < -0.4 is 10.6 Å². The highest BCUT2D eigenvalue weighted by atomic mass is 35.5. The largest absolute Gasteiger partial charge is 0.387 e. The normalized spacial score (nSPS) is 12.0. The number of halogens is 2. The van der Waals surface area contributed by atoms with Crippen molar-refractivity contribution in [3.63, 3.8) is 0 Å². The Morgan fingerprint density at radius 3 is 2.62 bits per heavy atom. The topological polar surface area (TPSA) is 112 Å². The van der Waals surface area contributed by atoms with E-state index >= 15 is 0 Å². The second-order valence-electron chi connectivity index (χ2n) is 9.42. The molecular weight excluding hydrogens is 523 g/mol. The minimum absolute atomic E-state index is 0.0243. The van der Waals surface area contributed by atoms with Gasteiger partial charge in [-0.1, -0.05) is 23.7 Å². The number of anilines is 2. The zero-order valence-electron chi connectivity index (χ0n) is 21.9. The number of fused-ring (bicyclic) bond motifs is 1. The Balaban J connectivity index is 1.49. The molecule has 0 bridgehead atoms. The van der Waals surface area contributed by atoms with E-state index in [1.54, 1.807) is 39.2 Å². The molecule has 39 heavy (non-hydrogen) atoms. The fraction of sp³-hybridized carbons (Fsp3) is 0.286. The van der Waals surface area contributed by atoms with Crippen molar-refractivity contribution in [1.29, 1.82) is 0 Å². The van der Waals surface area contributed by atoms with Crippen LogP contribution in [0.15, 0.2) is 60.9 Å². The van der Waals surface area contributed by atoms with Crippen molar-refractivity contribution in [3.05, 3.63) is 83.0 Å². The van der Waals surface area contributed by atoms with Crippen LogP contribution in [0.1, 0.15) is 38.1 Å². The minimum atomic E-state index is -0.864. The van der Waals surface area contributed by atoms with Gasteiger partial charge in [0.15, 0.2) is 0 Å². The van der Waals surface area contributed by atoms with E-state index in [4.69, 9.17) is 11.6 Å². The number of amides is 2. The lowest BCUT2D eigenvalue weighted by atomic mass is 10.1. The number of carbonyl (C=O) groups excluding carboxylic acids is 2. The van der Waals surface area contributed by atoms with E-state index in [2.05, 4.69) is 20.7 Å². The van der Waals surface area contributed by atoms with Gasteiger partial charge in [-0.05, 0) is 57.2 Å². The number of hydrogen-bond donors (Lipinski definition) is 3. The van der Waals surface area contributed by atoms with Gasteiger partial charge in [0.2, 0.25) is 11.8 Å². The average Bonchev–Trinajstić information content (AvgIpc) is 3.26. The molecule has 1 unspecified atom stereocenters. The lowest BCUT2D eigenvalue weighted by Crippen LogP contribution is -2.45. The molecule has 11 heteroatoms. The van der Waals surface area contributed by atoms with Gasteiger partial charge in [-0.3, -0.25) is 19.3 Å². The standard InChI is InChI=1S/C28H30ClFN6O3/c1-17(2)35(15-25(38)32-13-19-6-4-8-23(29)27(19)30)26(39)16-36-24-10-9-20(33-21-7-5-11-31-14-21)12-22(24)28(34-36)18(3)37/h4-12,14,17-18,33,37H,13,15-16H2,1-3H3,(H,32,38). The monoisotopic (exact) mass is 552 g/mol. The molecule has 2 amide bonds. The van der Waals surface area contributed by atoms with Gasteiger partial charge < -0.3 is 20.6 Å². The van der Waals surface area contributed by atoms with Crippen LogP contribution >= 0.6 is 11.6 Å². The Morgan fingerprint density at radius 1 is 1.13 bits per heavy atom. The van der Waals surface area contributed by atoms with Crippen molar-refractivity contribution in [1.82, 2.24) is 25.0 Å². The maximum Gasteiger partial charge on any atom is 0.245 e. The molecule has 3 N–H and O–H groups in total. The molecule has 0 radical (unpaired) electrons. The fourth-order valence-electron chi connectivity index (χ4n) is 4.18. The number of carbonyl (C=O) groups is 2. The van der Waals surface area contributed by atoms with Gasteiger partial charge in [-0.2, -0.15) is 5.10 Å². The van der Waals surface area contributed by atoms with E-state index in [1.807, 2.05) is 30.3 Å². The summed E-state index contributed by atoms with van der Waals surface area (Å²) in [5, 5.41) is 21.5. The summed E-state index contributed by atoms with van der Waals surface area (Å²) >= 11 is 5.81. The Kier molecular flexibility index (Phi) is 8.78. The van der Waals surface area contributed by atoms with E-state index in [0.717, 1.165) is 11.4 Å². The molecule has 0 aliphatic rings. The predicted octanol–water partition coefficient (Wildman–Crippen LogP) is 4.57. The average molecular weight is 553 g/mol. The van der Waals surface area contributed by atoms with E-state index in [-0.39, 0.29) is 42.2 Å². The molecule has 4 rings (SSSR count). The van der Waals surface area contributed by atoms with Crippen molar-refractivity contribution in [2.45, 2.75) is 46.0 Å². The summed E-state index contributed by atoms with van der Waals surface area (Å²) in [6.07, 6.45) is 2.52. The summed E-state index contributed by atoms with van der Waals surface area (Å²) in [7, 11) is 0. The third-order valence-electron chi connectivity index (χ3n) is 6.18. The summed E-state index contributed by atoms with van der Waals surface area (Å²) in [6.45, 7) is 4.83. The van der Waals surface area contributed by atoms with Crippen LogP contribution in [0, 0.1) is 5.82 Å². The number of rotatable bonds is 10. The molecule has 9 nitrogen and oxygen atoms in total. The van der Waals surface area contributed by atoms with Crippen LogP contribution in [0.4, 0.5) is 15.8 Å². The van der Waals surface area contributed by atoms with Crippen LogP contribution in [-0.4, -0.2) is 49.2 Å². The molecule has 2 heterocycles. The van der Waals surface area contributed by atoms with E-state index in [0.29, 0.717) is 16.6 Å². The Hall–Kier alpha value is -4.02. The third-order valence-corrected chi connectivity index (χ3v) is 6.47. The first kappa shape index (κ1) is 28.0. The van der Waals surface area contributed by atoms with E-state index in [1.165, 1.54) is 21.7 Å². The molecule has 2 aromatic heterocycles. The minimum Gasteiger partial charge on any atom is -0.387 e. The third kappa shape index (κ3) is 6.71. The number of aliphatic hydroxyl groups is 1. The first-order chi connectivity index (χ1) is 18.6. The second-order valence-corrected chi connectivity index (χ2v) is 9.83. The Bertz CT molecular complexity index is 1480. The number of aliphatic hydroxyl groups excluding tert-OH is 1. The molecule has 2 aromatic carbocycles. The first-order valence-electron chi connectivity index (χ1n) is 12.5. The van der Waals surface area contributed by atoms with Gasteiger partial charge in [0.1, 0.15) is 12.4 Å². The van der Waals surface area contributed by atoms with Crippen LogP contribution in [-0.2, 0) is 22.7 Å². The quantitative estimate of drug-likeness (QED) is 0.266. The molecule has 0 spiro atoms. The number of benzene rings is 2. The summed E-state index contributed by atoms with van der Waals surface area (Å²) in [5.74, 6) is -1.35. The van der Waals surface area contributed by atoms with Gasteiger partial charge in [0.05, 0.1) is 40.8 Å². The second kappa shape index (κ2) is 12.2. The van der Waals surface area contributed by atoms with Crippen LogP contribution in [0.2, 0.25) is 5.02 Å². The summed E-state index contributed by atoms with van der Waals surface area (Å²) < 4.78 is 15.7. The van der Waals surface area contributed by atoms with Crippen LogP contribution in [0.3, 0.4) is 0 Å². The molecule has 4 aromatic rings. The molecule has 0 saturated heterocycles. The SMILES string of the molecule is CC(O)c1nn(CC(=O)N(CC(=O)NCc2cccc(Cl)c2F)C(C)C)c2ccc(Nc3cccnc3)cc12. The van der Waals surface area contributed by atoms with Gasteiger partial charge >= 0.3 is 0 Å². The highest BCUT2D eigenvalue weighted by molar-refractivity contribution is 6.30. The predicted molar refractivity (Wildman–Crippen MR) is 148 cm³/mol. The molecule has 204 valence electrons. The summed E-state index contributed by atoms with van der Waals surface area (Å²) in [6, 6.07) is 13.5. The van der Waals surface area contributed by atoms with Crippen molar-refractivity contribution in [3.8, 4) is 0 Å². The number of nitrogens with zero attached hydrogens (tertiary/aromatic N) is 4. The maximum atomic E-state index is 14.2. The van der Waals surface area contributed by atoms with Gasteiger partial charge in [-0.15, -0.1) is 0 Å². The number of aromatic nitrogens is 3. The smallest absolute Gasteiger partial charge is 0.245 e. The molecule has 0 aliphatic heterocycles. The zero-order chi connectivity index (χ0) is 28.1. The summed E-state index contributed by atoms with van der Waals surface area (Å²) in [4.78, 5) is 31.5. The molecule has 1 atom stereocenters. The first-order valence-corrected chi connectivity index (χ1v) is 12.9. The Morgan fingerprint density at radius 2 is 1.92 bits per heavy atom. The van der Waals surface area contributed by atoms with Crippen LogP contribution in [0.5, 0.6) is 0 Å². The highest BCUT2D eigenvalue weighted by Crippen LogP contribution is 2.28. The fourth-order valence-corrected chi connectivity index (χ4v) is 4.38. The van der Waals surface area contributed by atoms with Crippen molar-refractivity contribution < 1.29 is 19.1 Å². The highest BCUT2D eigenvalue weighted by Gasteiger charge is 2.23. The molecule has 0 saturated carbocycles. The van der Waals surface area contributed by atoms with Crippen molar-refractivity contribution >= 4 is 45.7 Å². The van der Waals surface area contributed by atoms with Crippen LogP contribution in [0.25, 0.3) is 10.9 Å². The lowest BCUT2D eigenvalue weighted by molar-refractivity contribution is -0.138. The number of pyridine rings is 1. The van der Waals surface area contributed by atoms with Crippen molar-refractivity contribution in [2.24, 2.45) is 0 Å². The molecule has 0 aliphatic carbocycles. The van der Waals surface area contributed by atoms with Gasteiger partial charge in [-0.25, -0.2) is 4.39 Å². The number of nitrogens with one attached hydrogen (secondary N) is 2. The van der Waals surface area contributed by atoms with Crippen molar-refractivity contribution in [2.75, 3.05) is 11.9 Å². The summed E-state index contributed by atoms with van der Waals surface area (Å²) in [5.41, 5.74) is 2.94. The van der Waals surface area contributed by atoms with Gasteiger partial charge in [0, 0.05) is 35.4 Å². The van der Waals surface area contributed by atoms with E-state index in [9.17, 15) is 19.1 Å². The molecule has 0 fully saturated rings. The maximum absolute atomic E-state index is 14.2. The van der Waals surface area contributed by atoms with E-state index < -0.39 is 17.8 Å². The lowest BCUT2D eigenvalue weighted by Gasteiger charge is -2.26. The van der Waals surface area contributed by atoms with Gasteiger partial charge in [0.25, 0.3) is 0 Å². The molecular formula is C28H30ClFN6O3. The number of hydrogen-bond acceptors (Lipinski definition) is 6.